The smallest absolute Gasteiger partial charge is 0.273 e. The molecule has 0 radical (unpaired) electrons. The predicted octanol–water partition coefficient (Wildman–Crippen LogP) is 2.12. The van der Waals surface area contributed by atoms with E-state index in [-0.39, 0.29) is 11.9 Å². The van der Waals surface area contributed by atoms with Crippen LogP contribution in [0.1, 0.15) is 23.0 Å². The molecule has 0 aliphatic carbocycles. The van der Waals surface area contributed by atoms with Crippen molar-refractivity contribution < 1.29 is 4.79 Å². The van der Waals surface area contributed by atoms with E-state index < -0.39 is 0 Å². The lowest BCUT2D eigenvalue weighted by molar-refractivity contribution is 0.0821. The van der Waals surface area contributed by atoms with Crippen molar-refractivity contribution in [3.8, 4) is 5.69 Å². The molecular weight excluding hydrogens is 288 g/mol. The minimum absolute atomic E-state index is 0.0120. The van der Waals surface area contributed by atoms with Gasteiger partial charge in [0.1, 0.15) is 0 Å². The van der Waals surface area contributed by atoms with Crippen LogP contribution in [0.3, 0.4) is 0 Å². The van der Waals surface area contributed by atoms with Gasteiger partial charge in [0.25, 0.3) is 5.91 Å². The number of nitrogens with two attached hydrogens (primary N) is 1. The van der Waals surface area contributed by atoms with E-state index in [0.717, 1.165) is 11.3 Å². The molecular formula is C15H19ClN4O. The molecule has 1 atom stereocenters. The third-order valence-electron chi connectivity index (χ3n) is 3.08. The Morgan fingerprint density at radius 2 is 2.14 bits per heavy atom. The number of amides is 1. The normalized spacial score (nSPS) is 12.2. The van der Waals surface area contributed by atoms with Gasteiger partial charge in [-0.1, -0.05) is 17.7 Å². The Morgan fingerprint density at radius 1 is 1.43 bits per heavy atom. The van der Waals surface area contributed by atoms with Crippen LogP contribution in [-0.2, 0) is 6.42 Å². The van der Waals surface area contributed by atoms with Gasteiger partial charge in [-0.15, -0.1) is 0 Å². The summed E-state index contributed by atoms with van der Waals surface area (Å²) in [4.78, 5) is 13.4. The van der Waals surface area contributed by atoms with E-state index in [2.05, 4.69) is 5.10 Å². The fourth-order valence-corrected chi connectivity index (χ4v) is 2.33. The number of aromatic nitrogens is 2. The van der Waals surface area contributed by atoms with Crippen LogP contribution in [0.5, 0.6) is 0 Å². The highest BCUT2D eigenvalue weighted by molar-refractivity contribution is 6.31. The first-order chi connectivity index (χ1) is 9.90. The average molecular weight is 307 g/mol. The molecule has 0 saturated heterocycles. The summed E-state index contributed by atoms with van der Waals surface area (Å²) >= 11 is 6.27. The van der Waals surface area contributed by atoms with E-state index in [1.807, 2.05) is 25.1 Å². The molecule has 2 N–H and O–H groups in total. The van der Waals surface area contributed by atoms with Crippen molar-refractivity contribution in [3.63, 3.8) is 0 Å². The summed E-state index contributed by atoms with van der Waals surface area (Å²) < 4.78 is 1.67. The van der Waals surface area contributed by atoms with Crippen molar-refractivity contribution in [1.82, 2.24) is 14.7 Å². The number of rotatable bonds is 4. The number of benzene rings is 1. The quantitative estimate of drug-likeness (QED) is 0.941. The lowest BCUT2D eigenvalue weighted by Crippen LogP contribution is -2.22. The molecule has 0 saturated carbocycles. The molecule has 21 heavy (non-hydrogen) atoms. The van der Waals surface area contributed by atoms with Gasteiger partial charge < -0.3 is 10.6 Å². The zero-order chi connectivity index (χ0) is 15.6. The van der Waals surface area contributed by atoms with Crippen LogP contribution in [0, 0.1) is 0 Å². The molecule has 2 rings (SSSR count). The Bertz CT molecular complexity index is 649. The standard InChI is InChI=1S/C15H19ClN4O/c1-10(17)9-11-12(16)5-4-6-14(11)20-8-7-13(18-20)15(21)19(2)3/h4-8,10H,9,17H2,1-3H3. The molecule has 0 aliphatic rings. The summed E-state index contributed by atoms with van der Waals surface area (Å²) in [6.45, 7) is 1.93. The van der Waals surface area contributed by atoms with Crippen LogP contribution in [0.25, 0.3) is 5.69 Å². The van der Waals surface area contributed by atoms with Crippen molar-refractivity contribution >= 4 is 17.5 Å². The van der Waals surface area contributed by atoms with E-state index in [9.17, 15) is 4.79 Å². The highest BCUT2D eigenvalue weighted by atomic mass is 35.5. The molecule has 112 valence electrons. The number of nitrogens with zero attached hydrogens (tertiary/aromatic N) is 3. The number of carbonyl (C=O) groups is 1. The second-order valence-electron chi connectivity index (χ2n) is 5.26. The highest BCUT2D eigenvalue weighted by Crippen LogP contribution is 2.24. The molecule has 1 heterocycles. The van der Waals surface area contributed by atoms with E-state index in [0.29, 0.717) is 17.1 Å². The van der Waals surface area contributed by atoms with E-state index in [4.69, 9.17) is 17.3 Å². The maximum absolute atomic E-state index is 11.9. The fraction of sp³-hybridized carbons (Fsp3) is 0.333. The minimum Gasteiger partial charge on any atom is -0.343 e. The molecule has 0 spiro atoms. The molecule has 0 bridgehead atoms. The largest absolute Gasteiger partial charge is 0.343 e. The van der Waals surface area contributed by atoms with Gasteiger partial charge in [-0.2, -0.15) is 5.10 Å². The molecule has 1 unspecified atom stereocenters. The van der Waals surface area contributed by atoms with Crippen molar-refractivity contribution in [2.75, 3.05) is 14.1 Å². The van der Waals surface area contributed by atoms with Crippen LogP contribution in [0.2, 0.25) is 5.02 Å². The van der Waals surface area contributed by atoms with Gasteiger partial charge in [0.05, 0.1) is 5.69 Å². The predicted molar refractivity (Wildman–Crippen MR) is 83.9 cm³/mol. The van der Waals surface area contributed by atoms with Crippen molar-refractivity contribution in [2.45, 2.75) is 19.4 Å². The maximum Gasteiger partial charge on any atom is 0.273 e. The summed E-state index contributed by atoms with van der Waals surface area (Å²) in [6.07, 6.45) is 2.40. The number of hydrogen-bond acceptors (Lipinski definition) is 3. The van der Waals surface area contributed by atoms with Crippen molar-refractivity contribution in [3.05, 3.63) is 46.7 Å². The topological polar surface area (TPSA) is 64.2 Å². The summed E-state index contributed by atoms with van der Waals surface area (Å²) in [5.74, 6) is -0.135. The lowest BCUT2D eigenvalue weighted by Gasteiger charge is -2.13. The number of carbonyl (C=O) groups excluding carboxylic acids is 1. The molecule has 1 aromatic carbocycles. The van der Waals surface area contributed by atoms with Gasteiger partial charge in [-0.05, 0) is 37.1 Å². The Balaban J connectivity index is 2.43. The van der Waals surface area contributed by atoms with E-state index >= 15 is 0 Å². The SMILES string of the molecule is CC(N)Cc1c(Cl)cccc1-n1ccc(C(=O)N(C)C)n1. The molecule has 2 aromatic rings. The van der Waals surface area contributed by atoms with Gasteiger partial charge in [-0.3, -0.25) is 4.79 Å². The van der Waals surface area contributed by atoms with Crippen LogP contribution in [-0.4, -0.2) is 40.7 Å². The average Bonchev–Trinajstić information content (AvgIpc) is 2.89. The Hall–Kier alpha value is -1.85. The Morgan fingerprint density at radius 3 is 2.76 bits per heavy atom. The maximum atomic E-state index is 11.9. The first kappa shape index (κ1) is 15.5. The zero-order valence-corrected chi connectivity index (χ0v) is 13.1. The second-order valence-corrected chi connectivity index (χ2v) is 5.67. The molecule has 6 heteroatoms. The van der Waals surface area contributed by atoms with Crippen molar-refractivity contribution in [2.24, 2.45) is 5.73 Å². The number of halogens is 1. The van der Waals surface area contributed by atoms with Gasteiger partial charge in [0, 0.05) is 31.4 Å². The fourth-order valence-electron chi connectivity index (χ4n) is 2.09. The van der Waals surface area contributed by atoms with Gasteiger partial charge >= 0.3 is 0 Å². The van der Waals surface area contributed by atoms with Crippen LogP contribution in [0.15, 0.2) is 30.5 Å². The number of hydrogen-bond donors (Lipinski definition) is 1. The lowest BCUT2D eigenvalue weighted by atomic mass is 10.1. The van der Waals surface area contributed by atoms with Crippen LogP contribution < -0.4 is 5.73 Å². The summed E-state index contributed by atoms with van der Waals surface area (Å²) in [5.41, 5.74) is 8.06. The molecule has 5 nitrogen and oxygen atoms in total. The van der Waals surface area contributed by atoms with E-state index in [1.54, 1.807) is 31.0 Å². The molecule has 1 aromatic heterocycles. The van der Waals surface area contributed by atoms with Gasteiger partial charge in [0.2, 0.25) is 0 Å². The Labute approximate surface area is 129 Å². The Kier molecular flexibility index (Phi) is 4.65. The highest BCUT2D eigenvalue weighted by Gasteiger charge is 2.15. The van der Waals surface area contributed by atoms with E-state index in [1.165, 1.54) is 4.90 Å². The van der Waals surface area contributed by atoms with Crippen LogP contribution in [0.4, 0.5) is 0 Å². The molecule has 0 aliphatic heterocycles. The summed E-state index contributed by atoms with van der Waals surface area (Å²) in [5, 5.41) is 4.99. The van der Waals surface area contributed by atoms with Gasteiger partial charge in [-0.25, -0.2) is 4.68 Å². The summed E-state index contributed by atoms with van der Waals surface area (Å²) in [7, 11) is 3.39. The molecule has 0 fully saturated rings. The first-order valence-electron chi connectivity index (χ1n) is 6.71. The summed E-state index contributed by atoms with van der Waals surface area (Å²) in [6, 6.07) is 7.29. The second kappa shape index (κ2) is 6.28. The first-order valence-corrected chi connectivity index (χ1v) is 7.08. The monoisotopic (exact) mass is 306 g/mol. The minimum atomic E-state index is -0.135. The third kappa shape index (κ3) is 3.43. The third-order valence-corrected chi connectivity index (χ3v) is 3.44. The van der Waals surface area contributed by atoms with Crippen LogP contribution >= 0.6 is 11.6 Å². The molecule has 1 amide bonds. The zero-order valence-electron chi connectivity index (χ0n) is 12.4. The van der Waals surface area contributed by atoms with Gasteiger partial charge in [0.15, 0.2) is 5.69 Å². The van der Waals surface area contributed by atoms with Crippen molar-refractivity contribution in [1.29, 1.82) is 0 Å².